The molecule has 0 bridgehead atoms. The Labute approximate surface area is 246 Å². The number of hydrogen-bond acceptors (Lipinski definition) is 7. The number of aromatic nitrogens is 4. The van der Waals surface area contributed by atoms with Crippen molar-refractivity contribution in [2.24, 2.45) is 0 Å². The van der Waals surface area contributed by atoms with Gasteiger partial charge in [0.1, 0.15) is 22.3 Å². The van der Waals surface area contributed by atoms with Crippen molar-refractivity contribution in [2.45, 2.75) is 26.2 Å². The molecule has 0 spiro atoms. The molecule has 12 nitrogen and oxygen atoms in total. The number of carbonyl (C=O) groups is 2. The number of halogens is 2. The summed E-state index contributed by atoms with van der Waals surface area (Å²) < 4.78 is 12.6. The zero-order chi connectivity index (χ0) is 29.4. The third kappa shape index (κ3) is 7.56. The van der Waals surface area contributed by atoms with Crippen molar-refractivity contribution in [1.29, 1.82) is 0 Å². The topological polar surface area (TPSA) is 144 Å². The second-order valence-electron chi connectivity index (χ2n) is 8.58. The number of amides is 4. The van der Waals surface area contributed by atoms with Crippen LogP contribution in [0.3, 0.4) is 0 Å². The van der Waals surface area contributed by atoms with E-state index in [9.17, 15) is 9.59 Å². The van der Waals surface area contributed by atoms with E-state index in [1.807, 2.05) is 30.3 Å². The standard InChI is InChI=1S/C27H28Cl2N8O4/c1-4-5-6-16-15-21(37(36-16)17-7-9-18(40-3)10-8-17)33-27(39)32-19-11-12-20(24(29)23(19)28)41-22-13-14-31-25(34-22)35-26(38)30-2/h7-15H,4-6H2,1-3H3,(H2,32,33,39)(H2,30,31,34,35,38). The number of unbranched alkanes of at least 4 members (excludes halogenated alkanes) is 1. The summed E-state index contributed by atoms with van der Waals surface area (Å²) in [7, 11) is 3.06. The highest BCUT2D eigenvalue weighted by atomic mass is 35.5. The average molecular weight is 599 g/mol. The highest BCUT2D eigenvalue weighted by Gasteiger charge is 2.17. The Kier molecular flexibility index (Phi) is 9.82. The fourth-order valence-corrected chi connectivity index (χ4v) is 4.04. The molecular formula is C27H28Cl2N8O4. The molecule has 4 aromatic rings. The smallest absolute Gasteiger partial charge is 0.324 e. The highest BCUT2D eigenvalue weighted by molar-refractivity contribution is 6.45. The van der Waals surface area contributed by atoms with E-state index in [-0.39, 0.29) is 33.3 Å². The number of nitrogens with one attached hydrogen (secondary N) is 4. The normalized spacial score (nSPS) is 10.6. The lowest BCUT2D eigenvalue weighted by Gasteiger charge is -2.14. The summed E-state index contributed by atoms with van der Waals surface area (Å²) >= 11 is 12.9. The van der Waals surface area contributed by atoms with Crippen molar-refractivity contribution < 1.29 is 19.1 Å². The van der Waals surface area contributed by atoms with Crippen LogP contribution in [0.15, 0.2) is 54.7 Å². The fraction of sp³-hybridized carbons (Fsp3) is 0.222. The maximum Gasteiger partial charge on any atom is 0.324 e. The van der Waals surface area contributed by atoms with Crippen molar-refractivity contribution >= 4 is 52.7 Å². The molecule has 2 heterocycles. The molecule has 0 saturated carbocycles. The van der Waals surface area contributed by atoms with Crippen LogP contribution >= 0.6 is 23.2 Å². The zero-order valence-corrected chi connectivity index (χ0v) is 24.0. The van der Waals surface area contributed by atoms with Gasteiger partial charge in [0, 0.05) is 25.4 Å². The van der Waals surface area contributed by atoms with E-state index in [2.05, 4.69) is 43.3 Å². The van der Waals surface area contributed by atoms with Crippen LogP contribution in [0, 0.1) is 0 Å². The largest absolute Gasteiger partial charge is 0.497 e. The van der Waals surface area contributed by atoms with Crippen molar-refractivity contribution in [2.75, 3.05) is 30.1 Å². The van der Waals surface area contributed by atoms with Gasteiger partial charge in [-0.2, -0.15) is 10.1 Å². The lowest BCUT2D eigenvalue weighted by atomic mass is 10.2. The maximum atomic E-state index is 13.0. The Morgan fingerprint density at radius 1 is 0.976 bits per heavy atom. The first kappa shape index (κ1) is 29.4. The lowest BCUT2D eigenvalue weighted by Crippen LogP contribution is -2.25. The number of anilines is 3. The monoisotopic (exact) mass is 598 g/mol. The maximum absolute atomic E-state index is 13.0. The molecule has 0 radical (unpaired) electrons. The van der Waals surface area contributed by atoms with Gasteiger partial charge < -0.3 is 20.1 Å². The van der Waals surface area contributed by atoms with E-state index in [1.54, 1.807) is 17.9 Å². The van der Waals surface area contributed by atoms with Gasteiger partial charge in [-0.1, -0.05) is 36.5 Å². The first-order valence-electron chi connectivity index (χ1n) is 12.6. The Hall–Kier alpha value is -4.55. The molecule has 41 heavy (non-hydrogen) atoms. The Morgan fingerprint density at radius 2 is 1.76 bits per heavy atom. The number of benzene rings is 2. The molecule has 4 rings (SSSR count). The van der Waals surface area contributed by atoms with Gasteiger partial charge in [0.2, 0.25) is 11.8 Å². The van der Waals surface area contributed by atoms with Gasteiger partial charge in [-0.25, -0.2) is 19.3 Å². The first-order valence-corrected chi connectivity index (χ1v) is 13.4. The third-order valence-electron chi connectivity index (χ3n) is 5.70. The minimum atomic E-state index is -0.547. The van der Waals surface area contributed by atoms with Crippen LogP contribution in [-0.2, 0) is 6.42 Å². The molecule has 4 amide bonds. The van der Waals surface area contributed by atoms with Crippen LogP contribution in [0.5, 0.6) is 17.4 Å². The molecule has 214 valence electrons. The molecule has 0 aliphatic rings. The number of nitrogens with zero attached hydrogens (tertiary/aromatic N) is 4. The molecule has 4 N–H and O–H groups in total. The lowest BCUT2D eigenvalue weighted by molar-refractivity contribution is 0.253. The second-order valence-corrected chi connectivity index (χ2v) is 9.33. The van der Waals surface area contributed by atoms with Crippen molar-refractivity contribution in [3.63, 3.8) is 0 Å². The van der Waals surface area contributed by atoms with Gasteiger partial charge in [-0.3, -0.25) is 10.6 Å². The van der Waals surface area contributed by atoms with Crippen LogP contribution in [0.25, 0.3) is 5.69 Å². The number of urea groups is 2. The molecule has 14 heteroatoms. The number of carbonyl (C=O) groups excluding carboxylic acids is 2. The first-order chi connectivity index (χ1) is 19.8. The molecule has 2 aromatic carbocycles. The van der Waals surface area contributed by atoms with E-state index in [0.717, 1.165) is 30.6 Å². The third-order valence-corrected chi connectivity index (χ3v) is 6.56. The summed E-state index contributed by atoms with van der Waals surface area (Å²) in [6, 6.07) is 12.7. The summed E-state index contributed by atoms with van der Waals surface area (Å²) in [5.41, 5.74) is 1.86. The Bertz CT molecular complexity index is 1530. The molecular weight excluding hydrogens is 571 g/mol. The number of methoxy groups -OCH3 is 1. The van der Waals surface area contributed by atoms with Gasteiger partial charge in [-0.15, -0.1) is 0 Å². The zero-order valence-electron chi connectivity index (χ0n) is 22.5. The van der Waals surface area contributed by atoms with Gasteiger partial charge in [-0.05, 0) is 49.2 Å². The van der Waals surface area contributed by atoms with Gasteiger partial charge in [0.25, 0.3) is 0 Å². The molecule has 0 atom stereocenters. The van der Waals surface area contributed by atoms with Crippen LogP contribution in [-0.4, -0.2) is 46.0 Å². The van der Waals surface area contributed by atoms with Crippen molar-refractivity contribution in [1.82, 2.24) is 25.1 Å². The summed E-state index contributed by atoms with van der Waals surface area (Å²) in [5, 5.41) is 15.2. The van der Waals surface area contributed by atoms with Gasteiger partial charge in [0.05, 0.1) is 29.2 Å². The Balaban J connectivity index is 1.49. The van der Waals surface area contributed by atoms with E-state index in [0.29, 0.717) is 11.6 Å². The second kappa shape index (κ2) is 13.7. The van der Waals surface area contributed by atoms with Crippen molar-refractivity contribution in [3.05, 3.63) is 70.5 Å². The molecule has 0 unspecified atom stereocenters. The van der Waals surface area contributed by atoms with Crippen molar-refractivity contribution in [3.8, 4) is 23.1 Å². The quantitative estimate of drug-likeness (QED) is 0.163. The predicted molar refractivity (Wildman–Crippen MR) is 158 cm³/mol. The van der Waals surface area contributed by atoms with Gasteiger partial charge >= 0.3 is 12.1 Å². The Morgan fingerprint density at radius 3 is 2.46 bits per heavy atom. The van der Waals surface area contributed by atoms with Gasteiger partial charge in [0.15, 0.2) is 0 Å². The summed E-state index contributed by atoms with van der Waals surface area (Å²) in [4.78, 5) is 32.6. The van der Waals surface area contributed by atoms with Crippen LogP contribution in [0.4, 0.5) is 27.0 Å². The summed E-state index contributed by atoms with van der Waals surface area (Å²) in [6.45, 7) is 2.10. The predicted octanol–water partition coefficient (Wildman–Crippen LogP) is 6.51. The molecule has 0 saturated heterocycles. The number of rotatable bonds is 10. The number of ether oxygens (including phenoxy) is 2. The fourth-order valence-electron chi connectivity index (χ4n) is 3.63. The van der Waals surface area contributed by atoms with Crippen LogP contribution in [0.1, 0.15) is 25.5 Å². The molecule has 0 aliphatic heterocycles. The van der Waals surface area contributed by atoms with E-state index >= 15 is 0 Å². The highest BCUT2D eigenvalue weighted by Crippen LogP contribution is 2.39. The minimum Gasteiger partial charge on any atom is -0.497 e. The summed E-state index contributed by atoms with van der Waals surface area (Å²) in [5.74, 6) is 1.52. The van der Waals surface area contributed by atoms with Crippen LogP contribution < -0.4 is 30.7 Å². The average Bonchev–Trinajstić information content (AvgIpc) is 3.38. The number of aryl methyl sites for hydroxylation is 1. The number of hydrogen-bond donors (Lipinski definition) is 4. The molecule has 0 aliphatic carbocycles. The van der Waals surface area contributed by atoms with E-state index in [1.165, 1.54) is 25.4 Å². The summed E-state index contributed by atoms with van der Waals surface area (Å²) in [6.07, 6.45) is 4.17. The van der Waals surface area contributed by atoms with E-state index in [4.69, 9.17) is 32.7 Å². The SMILES string of the molecule is CCCCc1cc(NC(=O)Nc2ccc(Oc3ccnc(NC(=O)NC)n3)c(Cl)c2Cl)n(-c2ccc(OC)cc2)n1. The molecule has 2 aromatic heterocycles. The molecule has 0 fully saturated rings. The minimum absolute atomic E-state index is 0.0331. The van der Waals surface area contributed by atoms with E-state index < -0.39 is 12.1 Å². The van der Waals surface area contributed by atoms with Crippen LogP contribution in [0.2, 0.25) is 10.0 Å².